The van der Waals surface area contributed by atoms with Crippen LogP contribution < -0.4 is 5.32 Å². The Bertz CT molecular complexity index is 448. The highest BCUT2D eigenvalue weighted by Gasteiger charge is 2.19. The first-order chi connectivity index (χ1) is 9.06. The molecule has 0 radical (unpaired) electrons. The molecule has 0 spiro atoms. The highest BCUT2D eigenvalue weighted by Crippen LogP contribution is 2.18. The first kappa shape index (κ1) is 13.9. The Morgan fingerprint density at radius 1 is 1.32 bits per heavy atom. The molecule has 1 saturated heterocycles. The van der Waals surface area contributed by atoms with Crippen LogP contribution in [0.3, 0.4) is 0 Å². The molecule has 0 atom stereocenters. The summed E-state index contributed by atoms with van der Waals surface area (Å²) in [5.41, 5.74) is 3.47. The summed E-state index contributed by atoms with van der Waals surface area (Å²) < 4.78 is 0. The summed E-state index contributed by atoms with van der Waals surface area (Å²) in [5.74, 6) is 0.976. The average molecular weight is 260 g/mol. The average Bonchev–Trinajstić information content (AvgIpc) is 2.40. The maximum atomic E-state index is 12.1. The van der Waals surface area contributed by atoms with Crippen molar-refractivity contribution in [3.63, 3.8) is 0 Å². The maximum absolute atomic E-state index is 12.1. The van der Waals surface area contributed by atoms with Gasteiger partial charge in [-0.1, -0.05) is 19.1 Å². The molecule has 19 heavy (non-hydrogen) atoms. The number of amides is 1. The smallest absolute Gasteiger partial charge is 0.241 e. The number of hydrogen-bond acceptors (Lipinski definition) is 2. The van der Waals surface area contributed by atoms with Crippen LogP contribution in [0.5, 0.6) is 0 Å². The lowest BCUT2D eigenvalue weighted by atomic mass is 9.99. The molecule has 104 valence electrons. The van der Waals surface area contributed by atoms with Gasteiger partial charge >= 0.3 is 0 Å². The molecule has 1 amide bonds. The third-order valence-electron chi connectivity index (χ3n) is 3.96. The molecular formula is C16H24N2O. The zero-order chi connectivity index (χ0) is 13.8. The molecule has 0 aromatic heterocycles. The first-order valence-electron chi connectivity index (χ1n) is 7.15. The predicted molar refractivity (Wildman–Crippen MR) is 79.4 cm³/mol. The van der Waals surface area contributed by atoms with Gasteiger partial charge in [0, 0.05) is 18.8 Å². The molecule has 3 heteroatoms. The second kappa shape index (κ2) is 6.09. The van der Waals surface area contributed by atoms with E-state index in [1.165, 1.54) is 11.1 Å². The highest BCUT2D eigenvalue weighted by molar-refractivity contribution is 5.81. The van der Waals surface area contributed by atoms with Crippen LogP contribution in [0.15, 0.2) is 18.2 Å². The number of piperidine rings is 1. The van der Waals surface area contributed by atoms with E-state index in [-0.39, 0.29) is 5.91 Å². The molecule has 1 fully saturated rings. The Balaban J connectivity index is 1.88. The first-order valence-corrected chi connectivity index (χ1v) is 7.15. The molecule has 0 bridgehead atoms. The van der Waals surface area contributed by atoms with Crippen molar-refractivity contribution in [3.05, 3.63) is 29.3 Å². The maximum Gasteiger partial charge on any atom is 0.241 e. The molecule has 2 rings (SSSR count). The van der Waals surface area contributed by atoms with Gasteiger partial charge in [-0.05, 0) is 49.8 Å². The topological polar surface area (TPSA) is 32.3 Å². The third kappa shape index (κ3) is 3.72. The van der Waals surface area contributed by atoms with E-state index in [2.05, 4.69) is 44.3 Å². The fourth-order valence-corrected chi connectivity index (χ4v) is 2.47. The monoisotopic (exact) mass is 260 g/mol. The van der Waals surface area contributed by atoms with Gasteiger partial charge in [0.1, 0.15) is 0 Å². The van der Waals surface area contributed by atoms with Crippen LogP contribution >= 0.6 is 0 Å². The molecule has 0 aliphatic carbocycles. The van der Waals surface area contributed by atoms with Crippen molar-refractivity contribution in [1.82, 2.24) is 4.90 Å². The second-order valence-corrected chi connectivity index (χ2v) is 5.74. The van der Waals surface area contributed by atoms with Gasteiger partial charge in [-0.3, -0.25) is 4.79 Å². The fraction of sp³-hybridized carbons (Fsp3) is 0.562. The van der Waals surface area contributed by atoms with E-state index >= 15 is 0 Å². The van der Waals surface area contributed by atoms with Crippen LogP contribution in [0.2, 0.25) is 0 Å². The minimum absolute atomic E-state index is 0.216. The molecule has 1 aromatic carbocycles. The van der Waals surface area contributed by atoms with Crippen LogP contribution in [0, 0.1) is 19.8 Å². The quantitative estimate of drug-likeness (QED) is 0.906. The number of aryl methyl sites for hydroxylation is 2. The summed E-state index contributed by atoms with van der Waals surface area (Å²) in [6, 6.07) is 6.28. The van der Waals surface area contributed by atoms with Crippen molar-refractivity contribution in [2.24, 2.45) is 5.92 Å². The largest absolute Gasteiger partial charge is 0.376 e. The highest BCUT2D eigenvalue weighted by atomic mass is 16.2. The van der Waals surface area contributed by atoms with E-state index in [0.717, 1.165) is 37.5 Å². The van der Waals surface area contributed by atoms with Gasteiger partial charge in [-0.25, -0.2) is 0 Å². The molecule has 0 unspecified atom stereocenters. The number of carbonyl (C=O) groups excluding carboxylic acids is 1. The van der Waals surface area contributed by atoms with Crippen molar-refractivity contribution in [3.8, 4) is 0 Å². The Hall–Kier alpha value is -1.51. The van der Waals surface area contributed by atoms with Crippen LogP contribution in [-0.2, 0) is 4.79 Å². The van der Waals surface area contributed by atoms with Gasteiger partial charge in [0.25, 0.3) is 0 Å². The molecule has 1 aliphatic rings. The van der Waals surface area contributed by atoms with Gasteiger partial charge in [0.05, 0.1) is 6.54 Å². The van der Waals surface area contributed by atoms with E-state index in [0.29, 0.717) is 6.54 Å². The standard InChI is InChI=1S/C16H24N2O/c1-12-6-8-18(9-7-12)16(19)11-17-15-10-13(2)4-5-14(15)3/h4-5,10,12,17H,6-9,11H2,1-3H3. The van der Waals surface area contributed by atoms with Crippen molar-refractivity contribution >= 4 is 11.6 Å². The van der Waals surface area contributed by atoms with Crippen LogP contribution in [0.4, 0.5) is 5.69 Å². The van der Waals surface area contributed by atoms with Gasteiger partial charge in [0.15, 0.2) is 0 Å². The molecule has 1 aliphatic heterocycles. The molecular weight excluding hydrogens is 236 g/mol. The molecule has 1 heterocycles. The number of rotatable bonds is 3. The Labute approximate surface area is 116 Å². The summed E-state index contributed by atoms with van der Waals surface area (Å²) in [5, 5.41) is 3.27. The van der Waals surface area contributed by atoms with Crippen LogP contribution in [-0.4, -0.2) is 30.4 Å². The lowest BCUT2D eigenvalue weighted by Crippen LogP contribution is -2.40. The van der Waals surface area contributed by atoms with Gasteiger partial charge < -0.3 is 10.2 Å². The number of anilines is 1. The number of likely N-dealkylation sites (tertiary alicyclic amines) is 1. The summed E-state index contributed by atoms with van der Waals surface area (Å²) in [6.07, 6.45) is 2.27. The minimum atomic E-state index is 0.216. The molecule has 3 nitrogen and oxygen atoms in total. The SMILES string of the molecule is Cc1ccc(C)c(NCC(=O)N2CCC(C)CC2)c1. The van der Waals surface area contributed by atoms with Crippen LogP contribution in [0.1, 0.15) is 30.9 Å². The summed E-state index contributed by atoms with van der Waals surface area (Å²) in [4.78, 5) is 14.1. The van der Waals surface area contributed by atoms with Gasteiger partial charge in [0.2, 0.25) is 5.91 Å². The number of nitrogens with zero attached hydrogens (tertiary/aromatic N) is 1. The lowest BCUT2D eigenvalue weighted by molar-refractivity contribution is -0.130. The summed E-state index contributed by atoms with van der Waals surface area (Å²) in [7, 11) is 0. The zero-order valence-corrected chi connectivity index (χ0v) is 12.2. The predicted octanol–water partition coefficient (Wildman–Crippen LogP) is 2.97. The van der Waals surface area contributed by atoms with Crippen molar-refractivity contribution in [2.75, 3.05) is 25.0 Å². The summed E-state index contributed by atoms with van der Waals surface area (Å²) in [6.45, 7) is 8.62. The van der Waals surface area contributed by atoms with E-state index < -0.39 is 0 Å². The summed E-state index contributed by atoms with van der Waals surface area (Å²) >= 11 is 0. The third-order valence-corrected chi connectivity index (χ3v) is 3.96. The van der Waals surface area contributed by atoms with Crippen molar-refractivity contribution < 1.29 is 4.79 Å². The van der Waals surface area contributed by atoms with Gasteiger partial charge in [-0.15, -0.1) is 0 Å². The number of benzene rings is 1. The Kier molecular flexibility index (Phi) is 4.46. The van der Waals surface area contributed by atoms with E-state index in [1.54, 1.807) is 0 Å². The molecule has 0 saturated carbocycles. The Morgan fingerprint density at radius 3 is 2.68 bits per heavy atom. The molecule has 1 N–H and O–H groups in total. The number of hydrogen-bond donors (Lipinski definition) is 1. The van der Waals surface area contributed by atoms with E-state index in [4.69, 9.17) is 0 Å². The van der Waals surface area contributed by atoms with Gasteiger partial charge in [-0.2, -0.15) is 0 Å². The number of nitrogens with one attached hydrogen (secondary N) is 1. The van der Waals surface area contributed by atoms with Crippen molar-refractivity contribution in [1.29, 1.82) is 0 Å². The van der Waals surface area contributed by atoms with E-state index in [9.17, 15) is 4.79 Å². The lowest BCUT2D eigenvalue weighted by Gasteiger charge is -2.30. The second-order valence-electron chi connectivity index (χ2n) is 5.74. The van der Waals surface area contributed by atoms with E-state index in [1.807, 2.05) is 4.90 Å². The zero-order valence-electron chi connectivity index (χ0n) is 12.2. The number of carbonyl (C=O) groups is 1. The minimum Gasteiger partial charge on any atom is -0.376 e. The van der Waals surface area contributed by atoms with Crippen LogP contribution in [0.25, 0.3) is 0 Å². The molecule has 1 aromatic rings. The Morgan fingerprint density at radius 2 is 2.00 bits per heavy atom. The normalized spacial score (nSPS) is 16.5. The fourth-order valence-electron chi connectivity index (χ4n) is 2.47. The van der Waals surface area contributed by atoms with Crippen molar-refractivity contribution in [2.45, 2.75) is 33.6 Å².